The first-order valence-corrected chi connectivity index (χ1v) is 33.6. The number of methoxy groups -OCH3 is 3. The van der Waals surface area contributed by atoms with Crippen molar-refractivity contribution >= 4 is 55.3 Å². The summed E-state index contributed by atoms with van der Waals surface area (Å²) in [6.45, 7) is 8.73. The molecular weight excluding hydrogens is 1620 g/mol. The van der Waals surface area contributed by atoms with Crippen LogP contribution in [0, 0.1) is 93.1 Å². The van der Waals surface area contributed by atoms with Gasteiger partial charge >= 0.3 is 318 Å². The Morgan fingerprint density at radius 2 is 0.413 bits per heavy atom. The van der Waals surface area contributed by atoms with Crippen LogP contribution in [0.2, 0.25) is 0 Å². The van der Waals surface area contributed by atoms with Gasteiger partial charge in [-0.1, -0.05) is 0 Å². The Morgan fingerprint density at radius 1 is 0.239 bits per heavy atom. The van der Waals surface area contributed by atoms with E-state index < -0.39 is 182 Å². The molecule has 0 saturated carbocycles. The number of benzene rings is 7. The topological polar surface area (TPSA) is 111 Å². The summed E-state index contributed by atoms with van der Waals surface area (Å²) in [5, 5.41) is 0. The molecule has 0 heterocycles. The summed E-state index contributed by atoms with van der Waals surface area (Å²) in [5.74, 6) is -67.4. The maximum atomic E-state index is 16.0. The summed E-state index contributed by atoms with van der Waals surface area (Å²) in [6.07, 6.45) is -39.5. The molecule has 0 saturated heterocycles. The summed E-state index contributed by atoms with van der Waals surface area (Å²) in [5.41, 5.74) is -38.1. The minimum atomic E-state index is -8.89. The van der Waals surface area contributed by atoms with E-state index in [-0.39, 0.29) is 0 Å². The van der Waals surface area contributed by atoms with Gasteiger partial charge < -0.3 is 0 Å². The smallest absolute Gasteiger partial charge is 0.207 e. The van der Waals surface area contributed by atoms with Crippen molar-refractivity contribution in [1.29, 1.82) is 0 Å². The van der Waals surface area contributed by atoms with Gasteiger partial charge in [0.2, 0.25) is 0 Å². The first-order chi connectivity index (χ1) is 51.3. The molecule has 42 heteroatoms. The molecule has 0 spiro atoms. The second-order valence-electron chi connectivity index (χ2n) is 21.9. The van der Waals surface area contributed by atoms with Crippen LogP contribution in [-0.2, 0) is 67.3 Å². The van der Waals surface area contributed by atoms with Gasteiger partial charge in [-0.25, -0.2) is 70.2 Å². The van der Waals surface area contributed by atoms with Gasteiger partial charge in [0.25, 0.3) is 0 Å². The number of para-hydroxylation sites is 3. The van der Waals surface area contributed by atoms with Gasteiger partial charge in [-0.15, -0.1) is 21.9 Å². The van der Waals surface area contributed by atoms with E-state index in [1.807, 2.05) is 54.6 Å². The van der Waals surface area contributed by atoms with Crippen molar-refractivity contribution in [2.75, 3.05) is 140 Å². The van der Waals surface area contributed by atoms with Crippen LogP contribution in [0.1, 0.15) is 22.3 Å². The molecule has 109 heavy (non-hydrogen) atoms. The van der Waals surface area contributed by atoms with Crippen molar-refractivity contribution in [3.05, 3.63) is 188 Å². The third kappa shape index (κ3) is 21.1. The van der Waals surface area contributed by atoms with Crippen LogP contribution in [0.15, 0.2) is 72.8 Å². The number of hydrogen-bond donors (Lipinski definition) is 0. The number of rotatable bonds is 37. The standard InChI is InChI=1S/C39H57O12Se.C28BF28/c1-40-16-19-43-22-25-46-28-31-49-34-10-4-7-13-37(34)52(38-14-8-5-11-35(38)50-32-29-47-26-23-44-20-17-41-2)39-15-9-6-12-36(39)51-33-30-48-27-24-45-21-18-42-3;30-9-1(25(46,47)48)5(13(34)21(42)17(9)38)29(6-2(26(49,50)51)10(31)18(39)22(43)14(6)35,7-3(27(52,53)54)11(32)19(40)23(44)15(7)36)8-4(28(55,56)57)12(33)20(41)24(45)16(8)37/h4-15H,16-33H2,1-3H3;/q+1;-1. The molecule has 0 unspecified atom stereocenters. The fourth-order valence-corrected chi connectivity index (χ4v) is 15.7. The second-order valence-corrected chi connectivity index (χ2v) is 25.9. The molecule has 12 nitrogen and oxygen atoms in total. The molecule has 0 aromatic heterocycles. The molecule has 7 aromatic carbocycles. The molecule has 602 valence electrons. The number of halogens is 28. The SMILES string of the molecule is COCCOCCOCCOc1ccccc1[Se+](c1ccccc1OCCOCCOCCOC)c1ccccc1OCCOCCOCCOC.Fc1c(F)c(F)c(C(F)(F)F)c([B-](c2c(F)c(F)c(F)c(F)c2C(F)(F)F)(c2c(F)c(F)c(F)c(F)c2C(F)(F)F)c2c(F)c(F)c(F)c(F)c2C(F)(F)F)c1F. The molecule has 0 bridgehead atoms. The van der Waals surface area contributed by atoms with E-state index in [2.05, 4.69) is 18.2 Å². The molecular formula is C67H57BF28O12Se. The Morgan fingerprint density at radius 3 is 0.606 bits per heavy atom. The van der Waals surface area contributed by atoms with Gasteiger partial charge in [-0.3, -0.25) is 0 Å². The molecule has 0 atom stereocenters. The number of alkyl halides is 12. The predicted molar refractivity (Wildman–Crippen MR) is 330 cm³/mol. The Balaban J connectivity index is 0.000000342. The Kier molecular flexibility index (Phi) is 33.0. The fraction of sp³-hybridized carbons (Fsp3) is 0.373. The molecule has 0 aliphatic carbocycles. The van der Waals surface area contributed by atoms with E-state index in [1.54, 1.807) is 21.3 Å². The zero-order chi connectivity index (χ0) is 81.1. The molecule has 0 fully saturated rings. The monoisotopic (exact) mass is 1680 g/mol. The molecule has 0 aliphatic rings. The minimum Gasteiger partial charge on any atom is -0.207 e. The van der Waals surface area contributed by atoms with Crippen LogP contribution in [0.3, 0.4) is 0 Å². The van der Waals surface area contributed by atoms with Crippen LogP contribution in [-0.4, -0.2) is 160 Å². The maximum absolute atomic E-state index is 16.0. The van der Waals surface area contributed by atoms with Crippen LogP contribution < -0.4 is 49.4 Å². The molecule has 0 N–H and O–H groups in total. The minimum absolute atomic E-state index is 0.392. The van der Waals surface area contributed by atoms with Crippen molar-refractivity contribution in [2.45, 2.75) is 24.7 Å². The Hall–Kier alpha value is -7.80. The van der Waals surface area contributed by atoms with E-state index in [0.29, 0.717) is 119 Å². The van der Waals surface area contributed by atoms with E-state index in [4.69, 9.17) is 56.8 Å². The first kappa shape index (κ1) is 90.1. The third-order valence-electron chi connectivity index (χ3n) is 15.2. The molecule has 0 aliphatic heterocycles. The van der Waals surface area contributed by atoms with E-state index in [0.717, 1.165) is 30.6 Å². The van der Waals surface area contributed by atoms with Gasteiger partial charge in [0.05, 0.1) is 22.3 Å². The van der Waals surface area contributed by atoms with Crippen molar-refractivity contribution in [2.24, 2.45) is 0 Å². The van der Waals surface area contributed by atoms with Crippen molar-refractivity contribution in [3.63, 3.8) is 0 Å². The van der Waals surface area contributed by atoms with Gasteiger partial charge in [0.1, 0.15) is 29.4 Å². The average Bonchev–Trinajstić information content (AvgIpc) is 0.667. The average molecular weight is 1680 g/mol. The number of hydrogen-bond acceptors (Lipinski definition) is 12. The summed E-state index contributed by atoms with van der Waals surface area (Å²) in [7, 11) is 4.96. The van der Waals surface area contributed by atoms with Crippen molar-refractivity contribution in [3.8, 4) is 17.2 Å². The molecule has 7 rings (SSSR count). The predicted octanol–water partition coefficient (Wildman–Crippen LogP) is 11.7. The molecule has 0 amide bonds. The summed E-state index contributed by atoms with van der Waals surface area (Å²) in [6, 6.07) is 24.6. The van der Waals surface area contributed by atoms with Gasteiger partial charge in [0, 0.05) is 21.3 Å². The molecule has 7 aromatic rings. The van der Waals surface area contributed by atoms with E-state index in [9.17, 15) is 87.8 Å². The van der Waals surface area contributed by atoms with Crippen LogP contribution >= 0.6 is 0 Å². The quantitative estimate of drug-likeness (QED) is 0.0122. The Bertz CT molecular complexity index is 3720. The van der Waals surface area contributed by atoms with Crippen LogP contribution in [0.4, 0.5) is 123 Å². The summed E-state index contributed by atoms with van der Waals surface area (Å²) in [4.78, 5) is 0. The second kappa shape index (κ2) is 39.9. The van der Waals surface area contributed by atoms with E-state index in [1.165, 1.54) is 0 Å². The van der Waals surface area contributed by atoms with E-state index >= 15 is 35.1 Å². The first-order valence-electron chi connectivity index (χ1n) is 31.1. The van der Waals surface area contributed by atoms with Crippen molar-refractivity contribution < 1.29 is 180 Å². The zero-order valence-electron chi connectivity index (χ0n) is 56.1. The summed E-state index contributed by atoms with van der Waals surface area (Å²) < 4.78 is 489. The van der Waals surface area contributed by atoms with Crippen LogP contribution in [0.5, 0.6) is 17.2 Å². The van der Waals surface area contributed by atoms with Gasteiger partial charge in [0.15, 0.2) is 69.8 Å². The number of ether oxygens (including phenoxy) is 12. The van der Waals surface area contributed by atoms with Gasteiger partial charge in [-0.2, -0.15) is 52.7 Å². The fourth-order valence-electron chi connectivity index (χ4n) is 10.8. The molecule has 0 radical (unpaired) electrons. The zero-order valence-corrected chi connectivity index (χ0v) is 57.8. The van der Waals surface area contributed by atoms with Gasteiger partial charge in [-0.05, 0) is 0 Å². The van der Waals surface area contributed by atoms with Crippen LogP contribution in [0.25, 0.3) is 0 Å². The third-order valence-corrected chi connectivity index (χ3v) is 20.0. The normalized spacial score (nSPS) is 12.3. The summed E-state index contributed by atoms with van der Waals surface area (Å²) >= 11 is -2.07. The Labute approximate surface area is 603 Å². The van der Waals surface area contributed by atoms with Crippen molar-refractivity contribution in [1.82, 2.24) is 0 Å².